The van der Waals surface area contributed by atoms with Gasteiger partial charge in [0.15, 0.2) is 0 Å². The van der Waals surface area contributed by atoms with Gasteiger partial charge in [-0.05, 0) is 30.3 Å². The van der Waals surface area contributed by atoms with E-state index in [2.05, 4.69) is 4.98 Å². The molecule has 1 aromatic heterocycles. The summed E-state index contributed by atoms with van der Waals surface area (Å²) in [4.78, 5) is 15.6. The van der Waals surface area contributed by atoms with Gasteiger partial charge in [-0.2, -0.15) is 0 Å². The van der Waals surface area contributed by atoms with Crippen molar-refractivity contribution < 1.29 is 19.0 Å². The monoisotopic (exact) mass is 279 g/mol. The summed E-state index contributed by atoms with van der Waals surface area (Å²) in [5, 5.41) is 9.26. The molecule has 6 heteroatoms. The molecule has 1 heterocycles. The topological polar surface area (TPSA) is 59.4 Å². The zero-order valence-corrected chi connectivity index (χ0v) is 10.8. The quantitative estimate of drug-likeness (QED) is 0.932. The first-order valence-electron chi connectivity index (χ1n) is 5.31. The SMILES string of the molecule is COc1ccc(Sc2ncc(F)cc2C(=O)O)cc1. The van der Waals surface area contributed by atoms with Crippen LogP contribution in [-0.4, -0.2) is 23.2 Å². The maximum absolute atomic E-state index is 13.0. The van der Waals surface area contributed by atoms with Crippen LogP contribution in [0.3, 0.4) is 0 Å². The van der Waals surface area contributed by atoms with E-state index in [1.54, 1.807) is 31.4 Å². The van der Waals surface area contributed by atoms with Crippen LogP contribution < -0.4 is 4.74 Å². The van der Waals surface area contributed by atoms with Crippen LogP contribution >= 0.6 is 11.8 Å². The highest BCUT2D eigenvalue weighted by molar-refractivity contribution is 7.99. The van der Waals surface area contributed by atoms with Gasteiger partial charge >= 0.3 is 5.97 Å². The highest BCUT2D eigenvalue weighted by Gasteiger charge is 2.14. The lowest BCUT2D eigenvalue weighted by molar-refractivity contribution is 0.0691. The summed E-state index contributed by atoms with van der Waals surface area (Å²) >= 11 is 1.16. The van der Waals surface area contributed by atoms with E-state index in [9.17, 15) is 9.18 Å². The van der Waals surface area contributed by atoms with E-state index < -0.39 is 11.8 Å². The number of carboxylic acids is 1. The van der Waals surface area contributed by atoms with Gasteiger partial charge in [-0.25, -0.2) is 14.2 Å². The van der Waals surface area contributed by atoms with Crippen molar-refractivity contribution in [3.63, 3.8) is 0 Å². The number of rotatable bonds is 4. The van der Waals surface area contributed by atoms with Crippen molar-refractivity contribution in [3.05, 3.63) is 47.9 Å². The number of benzene rings is 1. The first kappa shape index (κ1) is 13.4. The Labute approximate surface area is 113 Å². The molecule has 98 valence electrons. The zero-order valence-electron chi connectivity index (χ0n) is 9.96. The van der Waals surface area contributed by atoms with E-state index in [0.29, 0.717) is 5.75 Å². The second kappa shape index (κ2) is 5.71. The fourth-order valence-electron chi connectivity index (χ4n) is 1.42. The molecule has 0 fully saturated rings. The van der Waals surface area contributed by atoms with Crippen LogP contribution in [0.4, 0.5) is 4.39 Å². The number of ether oxygens (including phenoxy) is 1. The maximum Gasteiger partial charge on any atom is 0.338 e. The molecule has 2 aromatic rings. The Bertz CT molecular complexity index is 601. The molecule has 0 saturated heterocycles. The number of nitrogens with zero attached hydrogens (tertiary/aromatic N) is 1. The number of aromatic carboxylic acids is 1. The van der Waals surface area contributed by atoms with Crippen LogP contribution in [0.5, 0.6) is 5.75 Å². The minimum Gasteiger partial charge on any atom is -0.497 e. The van der Waals surface area contributed by atoms with Crippen molar-refractivity contribution in [2.45, 2.75) is 9.92 Å². The normalized spacial score (nSPS) is 10.2. The van der Waals surface area contributed by atoms with E-state index in [1.807, 2.05) is 0 Å². The van der Waals surface area contributed by atoms with Gasteiger partial charge in [0.1, 0.15) is 16.6 Å². The first-order valence-corrected chi connectivity index (χ1v) is 6.12. The fourth-order valence-corrected chi connectivity index (χ4v) is 2.27. The predicted molar refractivity (Wildman–Crippen MR) is 68.3 cm³/mol. The molecule has 0 saturated carbocycles. The molecule has 0 atom stereocenters. The summed E-state index contributed by atoms with van der Waals surface area (Å²) in [5.41, 5.74) is -0.152. The first-order chi connectivity index (χ1) is 9.10. The van der Waals surface area contributed by atoms with Crippen LogP contribution in [0.2, 0.25) is 0 Å². The number of hydrogen-bond donors (Lipinski definition) is 1. The fraction of sp³-hybridized carbons (Fsp3) is 0.0769. The van der Waals surface area contributed by atoms with Crippen molar-refractivity contribution in [1.82, 2.24) is 4.98 Å². The Balaban J connectivity index is 2.29. The van der Waals surface area contributed by atoms with E-state index in [4.69, 9.17) is 9.84 Å². The Kier molecular flexibility index (Phi) is 4.01. The Morgan fingerprint density at radius 2 is 2.05 bits per heavy atom. The second-order valence-electron chi connectivity index (χ2n) is 3.59. The molecular formula is C13H10FNO3S. The van der Waals surface area contributed by atoms with Crippen LogP contribution in [0.1, 0.15) is 10.4 Å². The van der Waals surface area contributed by atoms with E-state index in [0.717, 1.165) is 28.9 Å². The number of aromatic nitrogens is 1. The number of carbonyl (C=O) groups is 1. The molecule has 4 nitrogen and oxygen atoms in total. The van der Waals surface area contributed by atoms with Gasteiger partial charge in [0.05, 0.1) is 18.9 Å². The standard InChI is InChI=1S/C13H10FNO3S/c1-18-9-2-4-10(5-3-9)19-12-11(13(16)17)6-8(14)7-15-12/h2-7H,1H3,(H,16,17). The van der Waals surface area contributed by atoms with Crippen molar-refractivity contribution in [2.24, 2.45) is 0 Å². The molecule has 0 spiro atoms. The summed E-state index contributed by atoms with van der Waals surface area (Å²) in [6.45, 7) is 0. The molecule has 0 unspecified atom stereocenters. The lowest BCUT2D eigenvalue weighted by Gasteiger charge is -2.05. The molecular weight excluding hydrogens is 269 g/mol. The summed E-state index contributed by atoms with van der Waals surface area (Å²) in [7, 11) is 1.56. The molecule has 0 aliphatic carbocycles. The van der Waals surface area contributed by atoms with Gasteiger partial charge in [-0.15, -0.1) is 0 Å². The van der Waals surface area contributed by atoms with Gasteiger partial charge in [0, 0.05) is 4.90 Å². The Morgan fingerprint density at radius 3 is 2.63 bits per heavy atom. The van der Waals surface area contributed by atoms with Gasteiger partial charge < -0.3 is 9.84 Å². The molecule has 0 aliphatic heterocycles. The summed E-state index contributed by atoms with van der Waals surface area (Å²) in [6.07, 6.45) is 0.998. The molecule has 0 radical (unpaired) electrons. The van der Waals surface area contributed by atoms with Crippen molar-refractivity contribution in [1.29, 1.82) is 0 Å². The number of methoxy groups -OCH3 is 1. The van der Waals surface area contributed by atoms with Crippen LogP contribution in [0, 0.1) is 5.82 Å². The molecule has 19 heavy (non-hydrogen) atoms. The molecule has 1 aromatic carbocycles. The highest BCUT2D eigenvalue weighted by Crippen LogP contribution is 2.30. The number of halogens is 1. The van der Waals surface area contributed by atoms with E-state index in [1.165, 1.54) is 0 Å². The lowest BCUT2D eigenvalue weighted by atomic mass is 10.3. The Morgan fingerprint density at radius 1 is 1.37 bits per heavy atom. The smallest absolute Gasteiger partial charge is 0.338 e. The third-order valence-electron chi connectivity index (χ3n) is 2.32. The van der Waals surface area contributed by atoms with Crippen molar-refractivity contribution >= 4 is 17.7 Å². The minimum atomic E-state index is -1.21. The van der Waals surface area contributed by atoms with Crippen LogP contribution in [0.25, 0.3) is 0 Å². The van der Waals surface area contributed by atoms with Gasteiger partial charge in [0.25, 0.3) is 0 Å². The maximum atomic E-state index is 13.0. The van der Waals surface area contributed by atoms with Gasteiger partial charge in [-0.3, -0.25) is 0 Å². The van der Waals surface area contributed by atoms with Crippen LogP contribution in [-0.2, 0) is 0 Å². The third kappa shape index (κ3) is 3.23. The largest absolute Gasteiger partial charge is 0.497 e. The average Bonchev–Trinajstić information content (AvgIpc) is 2.41. The summed E-state index contributed by atoms with van der Waals surface area (Å²) < 4.78 is 18.0. The van der Waals surface area contributed by atoms with Gasteiger partial charge in [-0.1, -0.05) is 11.8 Å². The number of hydrogen-bond acceptors (Lipinski definition) is 4. The summed E-state index contributed by atoms with van der Waals surface area (Å²) in [5.74, 6) is -1.17. The average molecular weight is 279 g/mol. The molecule has 0 amide bonds. The van der Waals surface area contributed by atoms with E-state index >= 15 is 0 Å². The van der Waals surface area contributed by atoms with Crippen LogP contribution in [0.15, 0.2) is 46.5 Å². The molecule has 0 aliphatic rings. The van der Waals surface area contributed by atoms with E-state index in [-0.39, 0.29) is 10.6 Å². The zero-order chi connectivity index (χ0) is 13.8. The summed E-state index contributed by atoms with van der Waals surface area (Å²) in [6, 6.07) is 8.03. The molecule has 1 N–H and O–H groups in total. The minimum absolute atomic E-state index is 0.152. The molecule has 0 bridgehead atoms. The lowest BCUT2D eigenvalue weighted by Crippen LogP contribution is -2.01. The van der Waals surface area contributed by atoms with Crippen molar-refractivity contribution in [2.75, 3.05) is 7.11 Å². The van der Waals surface area contributed by atoms with Crippen molar-refractivity contribution in [3.8, 4) is 5.75 Å². The third-order valence-corrected chi connectivity index (χ3v) is 3.35. The highest BCUT2D eigenvalue weighted by atomic mass is 32.2. The number of carboxylic acid groups (broad SMARTS) is 1. The predicted octanol–water partition coefficient (Wildman–Crippen LogP) is 3.08. The second-order valence-corrected chi connectivity index (χ2v) is 4.65. The Hall–Kier alpha value is -2.08. The number of pyridine rings is 1. The van der Waals surface area contributed by atoms with Gasteiger partial charge in [0.2, 0.25) is 0 Å². The molecule has 2 rings (SSSR count).